The van der Waals surface area contributed by atoms with Gasteiger partial charge in [-0.2, -0.15) is 5.26 Å². The van der Waals surface area contributed by atoms with Gasteiger partial charge in [-0.1, -0.05) is 34.8 Å². The number of nitrogens with zero attached hydrogens (tertiary/aromatic N) is 1. The molecule has 0 aliphatic rings. The summed E-state index contributed by atoms with van der Waals surface area (Å²) in [6, 6.07) is 11.1. The number of nitriles is 1. The second-order valence-electron chi connectivity index (χ2n) is 4.10. The van der Waals surface area contributed by atoms with Gasteiger partial charge in [0, 0.05) is 5.02 Å². The zero-order valence-corrected chi connectivity index (χ0v) is 13.2. The van der Waals surface area contributed by atoms with Crippen LogP contribution in [0.4, 0.5) is 0 Å². The standard InChI is InChI=1S/C15H8Cl3NO3/c16-10-5-12(17)15(13(18)6-10)22-14(20)8-21-11-3-1-9(7-19)2-4-11/h1-6H,8H2. The molecule has 22 heavy (non-hydrogen) atoms. The molecule has 0 aromatic heterocycles. The fraction of sp³-hybridized carbons (Fsp3) is 0.0667. The van der Waals surface area contributed by atoms with Crippen LogP contribution in [0.5, 0.6) is 11.5 Å². The highest BCUT2D eigenvalue weighted by molar-refractivity contribution is 6.40. The number of halogens is 3. The van der Waals surface area contributed by atoms with Crippen LogP contribution in [0.3, 0.4) is 0 Å². The Hall–Kier alpha value is -1.93. The van der Waals surface area contributed by atoms with Crippen molar-refractivity contribution < 1.29 is 14.3 Å². The normalized spacial score (nSPS) is 9.91. The van der Waals surface area contributed by atoms with Crippen molar-refractivity contribution in [3.05, 3.63) is 57.0 Å². The lowest BCUT2D eigenvalue weighted by atomic mass is 10.2. The van der Waals surface area contributed by atoms with Crippen LogP contribution in [0, 0.1) is 11.3 Å². The van der Waals surface area contributed by atoms with E-state index < -0.39 is 5.97 Å². The summed E-state index contributed by atoms with van der Waals surface area (Å²) in [7, 11) is 0. The molecule has 0 N–H and O–H groups in total. The minimum Gasteiger partial charge on any atom is -0.482 e. The van der Waals surface area contributed by atoms with Crippen molar-refractivity contribution >= 4 is 40.8 Å². The van der Waals surface area contributed by atoms with Gasteiger partial charge in [-0.25, -0.2) is 4.79 Å². The SMILES string of the molecule is N#Cc1ccc(OCC(=O)Oc2c(Cl)cc(Cl)cc2Cl)cc1. The zero-order valence-electron chi connectivity index (χ0n) is 11.0. The first-order valence-corrected chi connectivity index (χ1v) is 7.11. The fourth-order valence-electron chi connectivity index (χ4n) is 1.54. The van der Waals surface area contributed by atoms with E-state index in [2.05, 4.69) is 0 Å². The third-order valence-electron chi connectivity index (χ3n) is 2.52. The monoisotopic (exact) mass is 355 g/mol. The molecule has 0 atom stereocenters. The Morgan fingerprint density at radius 1 is 1.09 bits per heavy atom. The van der Waals surface area contributed by atoms with Gasteiger partial charge in [0.25, 0.3) is 0 Å². The summed E-state index contributed by atoms with van der Waals surface area (Å²) in [4.78, 5) is 11.7. The van der Waals surface area contributed by atoms with Crippen molar-refractivity contribution in [2.24, 2.45) is 0 Å². The smallest absolute Gasteiger partial charge is 0.349 e. The molecule has 0 aliphatic heterocycles. The van der Waals surface area contributed by atoms with Crippen molar-refractivity contribution in [3.8, 4) is 17.6 Å². The number of carbonyl (C=O) groups is 1. The van der Waals surface area contributed by atoms with Gasteiger partial charge < -0.3 is 9.47 Å². The second-order valence-corrected chi connectivity index (χ2v) is 5.35. The summed E-state index contributed by atoms with van der Waals surface area (Å²) in [5, 5.41) is 9.28. The van der Waals surface area contributed by atoms with Crippen molar-refractivity contribution in [2.45, 2.75) is 0 Å². The van der Waals surface area contributed by atoms with Crippen molar-refractivity contribution in [3.63, 3.8) is 0 Å². The summed E-state index contributed by atoms with van der Waals surface area (Å²) < 4.78 is 10.3. The Bertz CT molecular complexity index is 716. The molecule has 2 aromatic carbocycles. The maximum Gasteiger partial charge on any atom is 0.349 e. The molecule has 2 aromatic rings. The molecule has 112 valence electrons. The van der Waals surface area contributed by atoms with E-state index >= 15 is 0 Å². The van der Waals surface area contributed by atoms with Crippen molar-refractivity contribution in [2.75, 3.05) is 6.61 Å². The molecule has 0 bridgehead atoms. The Labute approximate surface area is 141 Å². The highest BCUT2D eigenvalue weighted by Gasteiger charge is 2.14. The Morgan fingerprint density at radius 2 is 1.68 bits per heavy atom. The molecule has 0 saturated heterocycles. The van der Waals surface area contributed by atoms with Gasteiger partial charge in [-0.05, 0) is 36.4 Å². The number of carbonyl (C=O) groups excluding carboxylic acids is 1. The average molecular weight is 357 g/mol. The number of ether oxygens (including phenoxy) is 2. The van der Waals surface area contributed by atoms with Crippen LogP contribution in [0.2, 0.25) is 15.1 Å². The molecule has 0 amide bonds. The largest absolute Gasteiger partial charge is 0.482 e. The van der Waals surface area contributed by atoms with Crippen LogP contribution in [0.1, 0.15) is 5.56 Å². The van der Waals surface area contributed by atoms with E-state index in [0.717, 1.165) is 0 Å². The first-order chi connectivity index (χ1) is 10.5. The Morgan fingerprint density at radius 3 is 2.23 bits per heavy atom. The van der Waals surface area contributed by atoms with Crippen molar-refractivity contribution in [1.82, 2.24) is 0 Å². The maximum absolute atomic E-state index is 11.7. The van der Waals surface area contributed by atoms with Crippen LogP contribution in [0.15, 0.2) is 36.4 Å². The van der Waals surface area contributed by atoms with Crippen LogP contribution in [0.25, 0.3) is 0 Å². The first kappa shape index (κ1) is 16.4. The lowest BCUT2D eigenvalue weighted by molar-refractivity contribution is -0.136. The van der Waals surface area contributed by atoms with E-state index in [4.69, 9.17) is 49.5 Å². The van der Waals surface area contributed by atoms with Gasteiger partial charge in [0.2, 0.25) is 0 Å². The fourth-order valence-corrected chi connectivity index (χ4v) is 2.43. The zero-order chi connectivity index (χ0) is 16.1. The van der Waals surface area contributed by atoms with Crippen molar-refractivity contribution in [1.29, 1.82) is 5.26 Å². The molecule has 0 saturated carbocycles. The molecule has 0 heterocycles. The minimum atomic E-state index is -0.671. The van der Waals surface area contributed by atoms with E-state index in [0.29, 0.717) is 16.3 Å². The summed E-state index contributed by atoms with van der Waals surface area (Å²) >= 11 is 17.6. The Kier molecular flexibility index (Phi) is 5.51. The number of rotatable bonds is 4. The quantitative estimate of drug-likeness (QED) is 0.597. The molecular formula is C15H8Cl3NO3. The summed E-state index contributed by atoms with van der Waals surface area (Å²) in [5.74, 6) is -0.208. The van der Waals surface area contributed by atoms with E-state index in [1.807, 2.05) is 6.07 Å². The molecule has 0 fully saturated rings. The van der Waals surface area contributed by atoms with E-state index in [1.165, 1.54) is 12.1 Å². The minimum absolute atomic E-state index is 0.0289. The lowest BCUT2D eigenvalue weighted by Crippen LogP contribution is -2.18. The summed E-state index contributed by atoms with van der Waals surface area (Å²) in [5.41, 5.74) is 0.495. The summed E-state index contributed by atoms with van der Waals surface area (Å²) in [6.45, 7) is -0.332. The molecule has 0 spiro atoms. The van der Waals surface area contributed by atoms with Crippen LogP contribution < -0.4 is 9.47 Å². The lowest BCUT2D eigenvalue weighted by Gasteiger charge is -2.09. The molecule has 4 nitrogen and oxygen atoms in total. The molecule has 0 aliphatic carbocycles. The predicted molar refractivity (Wildman–Crippen MR) is 83.8 cm³/mol. The second kappa shape index (κ2) is 7.37. The number of hydrogen-bond acceptors (Lipinski definition) is 4. The van der Waals surface area contributed by atoms with E-state index in [9.17, 15) is 4.79 Å². The van der Waals surface area contributed by atoms with Crippen LogP contribution in [-0.2, 0) is 4.79 Å². The Balaban J connectivity index is 1.97. The van der Waals surface area contributed by atoms with Gasteiger partial charge in [-0.3, -0.25) is 0 Å². The van der Waals surface area contributed by atoms with Gasteiger partial charge in [-0.15, -0.1) is 0 Å². The summed E-state index contributed by atoms with van der Waals surface area (Å²) in [6.07, 6.45) is 0. The van der Waals surface area contributed by atoms with E-state index in [1.54, 1.807) is 24.3 Å². The van der Waals surface area contributed by atoms with Gasteiger partial charge in [0.05, 0.1) is 21.7 Å². The highest BCUT2D eigenvalue weighted by atomic mass is 35.5. The van der Waals surface area contributed by atoms with Crippen LogP contribution >= 0.6 is 34.8 Å². The van der Waals surface area contributed by atoms with Gasteiger partial charge in [0.1, 0.15) is 5.75 Å². The highest BCUT2D eigenvalue weighted by Crippen LogP contribution is 2.35. The third-order valence-corrected chi connectivity index (χ3v) is 3.30. The number of benzene rings is 2. The number of hydrogen-bond donors (Lipinski definition) is 0. The first-order valence-electron chi connectivity index (χ1n) is 5.98. The molecule has 0 unspecified atom stereocenters. The molecule has 2 rings (SSSR count). The maximum atomic E-state index is 11.7. The number of esters is 1. The van der Waals surface area contributed by atoms with Crippen LogP contribution in [-0.4, -0.2) is 12.6 Å². The molecule has 0 radical (unpaired) electrons. The molecule has 7 heteroatoms. The topological polar surface area (TPSA) is 59.3 Å². The average Bonchev–Trinajstić information content (AvgIpc) is 2.49. The van der Waals surface area contributed by atoms with Gasteiger partial charge >= 0.3 is 5.97 Å². The predicted octanol–water partition coefficient (Wildman–Crippen LogP) is 4.50. The third kappa shape index (κ3) is 4.28. The molecular weight excluding hydrogens is 349 g/mol. The van der Waals surface area contributed by atoms with Gasteiger partial charge in [0.15, 0.2) is 12.4 Å². The van der Waals surface area contributed by atoms with E-state index in [-0.39, 0.29) is 22.4 Å².